The minimum atomic E-state index is -0.329. The van der Waals surface area contributed by atoms with E-state index in [1.165, 1.54) is 11.3 Å². The van der Waals surface area contributed by atoms with Crippen molar-refractivity contribution < 1.29 is 14.3 Å². The predicted molar refractivity (Wildman–Crippen MR) is 126 cm³/mol. The quantitative estimate of drug-likeness (QED) is 0.520. The number of hydrogen-bond acceptors (Lipinski definition) is 5. The molecular weight excluding hydrogens is 390 g/mol. The van der Waals surface area contributed by atoms with Crippen molar-refractivity contribution in [2.75, 3.05) is 25.2 Å². The van der Waals surface area contributed by atoms with E-state index in [1.807, 2.05) is 12.1 Å². The molecule has 0 saturated carbocycles. The van der Waals surface area contributed by atoms with Gasteiger partial charge in [-0.3, -0.25) is 4.79 Å². The molecule has 0 radical (unpaired) electrons. The number of methoxy groups -OCH3 is 1. The van der Waals surface area contributed by atoms with Crippen molar-refractivity contribution in [3.63, 3.8) is 0 Å². The van der Waals surface area contributed by atoms with Crippen LogP contribution in [0.2, 0.25) is 0 Å². The molecule has 1 amide bonds. The van der Waals surface area contributed by atoms with Gasteiger partial charge in [-0.1, -0.05) is 19.1 Å². The van der Waals surface area contributed by atoms with Gasteiger partial charge in [0.2, 0.25) is 0 Å². The summed E-state index contributed by atoms with van der Waals surface area (Å²) in [6.45, 7) is 12.0. The van der Waals surface area contributed by atoms with E-state index in [2.05, 4.69) is 62.2 Å². The van der Waals surface area contributed by atoms with Crippen LogP contribution < -0.4 is 19.8 Å². The highest BCUT2D eigenvalue weighted by molar-refractivity contribution is 5.86. The molecular formula is C25H33N3O3. The third kappa shape index (κ3) is 5.01. The van der Waals surface area contributed by atoms with Gasteiger partial charge in [-0.15, -0.1) is 0 Å². The average molecular weight is 424 g/mol. The summed E-state index contributed by atoms with van der Waals surface area (Å²) in [5.41, 5.74) is 7.45. The van der Waals surface area contributed by atoms with Crippen molar-refractivity contribution in [1.29, 1.82) is 0 Å². The predicted octanol–water partition coefficient (Wildman–Crippen LogP) is 4.64. The SMILES string of the molecule is CCN1c2cc(C)c(/C=N/NC(=O)COc3ccccc3OC)cc2[C@H](C)CC1(C)C. The fourth-order valence-electron chi connectivity index (χ4n) is 4.48. The van der Waals surface area contributed by atoms with Crippen LogP contribution in [0, 0.1) is 6.92 Å². The molecule has 1 aliphatic heterocycles. The summed E-state index contributed by atoms with van der Waals surface area (Å²) in [6.07, 6.45) is 2.81. The second-order valence-electron chi connectivity index (χ2n) is 8.66. The maximum atomic E-state index is 12.1. The molecule has 2 aromatic rings. The lowest BCUT2D eigenvalue weighted by Gasteiger charge is -2.47. The largest absolute Gasteiger partial charge is 0.493 e. The number of anilines is 1. The molecule has 0 unspecified atom stereocenters. The van der Waals surface area contributed by atoms with Crippen molar-refractivity contribution in [2.45, 2.75) is 52.5 Å². The zero-order valence-electron chi connectivity index (χ0n) is 19.4. The van der Waals surface area contributed by atoms with E-state index in [0.29, 0.717) is 17.4 Å². The Balaban J connectivity index is 1.67. The van der Waals surface area contributed by atoms with Gasteiger partial charge in [-0.2, -0.15) is 5.10 Å². The Kier molecular flexibility index (Phi) is 6.88. The van der Waals surface area contributed by atoms with Crippen molar-refractivity contribution in [2.24, 2.45) is 5.10 Å². The maximum Gasteiger partial charge on any atom is 0.277 e. The number of nitrogens with zero attached hydrogens (tertiary/aromatic N) is 2. The Bertz CT molecular complexity index is 968. The van der Waals surface area contributed by atoms with E-state index in [9.17, 15) is 4.79 Å². The van der Waals surface area contributed by atoms with Crippen molar-refractivity contribution >= 4 is 17.8 Å². The number of carbonyl (C=O) groups excluding carboxylic acids is 1. The summed E-state index contributed by atoms with van der Waals surface area (Å²) >= 11 is 0. The highest BCUT2D eigenvalue weighted by atomic mass is 16.5. The molecule has 3 rings (SSSR count). The summed E-state index contributed by atoms with van der Waals surface area (Å²) in [7, 11) is 1.56. The molecule has 0 saturated heterocycles. The molecule has 0 aliphatic carbocycles. The fraction of sp³-hybridized carbons (Fsp3) is 0.440. The first kappa shape index (κ1) is 22.7. The number of amides is 1. The van der Waals surface area contributed by atoms with Crippen LogP contribution in [0.1, 0.15) is 56.7 Å². The Morgan fingerprint density at radius 3 is 2.68 bits per heavy atom. The molecule has 31 heavy (non-hydrogen) atoms. The topological polar surface area (TPSA) is 63.2 Å². The first-order valence-electron chi connectivity index (χ1n) is 10.8. The van der Waals surface area contributed by atoms with Gasteiger partial charge in [0.05, 0.1) is 13.3 Å². The zero-order chi connectivity index (χ0) is 22.6. The van der Waals surface area contributed by atoms with Gasteiger partial charge in [0.15, 0.2) is 18.1 Å². The highest BCUT2D eigenvalue weighted by Crippen LogP contribution is 2.44. The molecule has 2 aromatic carbocycles. The summed E-state index contributed by atoms with van der Waals surface area (Å²) in [5, 5.41) is 4.15. The molecule has 0 fully saturated rings. The fourth-order valence-corrected chi connectivity index (χ4v) is 4.48. The molecule has 1 atom stereocenters. The smallest absolute Gasteiger partial charge is 0.277 e. The van der Waals surface area contributed by atoms with Crippen LogP contribution in [0.15, 0.2) is 41.5 Å². The monoisotopic (exact) mass is 423 g/mol. The number of rotatable bonds is 7. The summed E-state index contributed by atoms with van der Waals surface area (Å²) in [6, 6.07) is 11.7. The first-order valence-corrected chi connectivity index (χ1v) is 10.8. The van der Waals surface area contributed by atoms with E-state index < -0.39 is 0 Å². The zero-order valence-corrected chi connectivity index (χ0v) is 19.4. The molecule has 166 valence electrons. The van der Waals surface area contributed by atoms with E-state index in [0.717, 1.165) is 24.1 Å². The van der Waals surface area contributed by atoms with Gasteiger partial charge in [0.25, 0.3) is 5.91 Å². The van der Waals surface area contributed by atoms with Crippen LogP contribution in [-0.4, -0.2) is 37.9 Å². The van der Waals surface area contributed by atoms with Crippen molar-refractivity contribution in [3.8, 4) is 11.5 Å². The standard InChI is InChI=1S/C25H33N3O3/c1-7-28-21-12-17(2)19(13-20(21)18(3)14-25(28,4)5)15-26-27-24(29)16-31-23-11-9-8-10-22(23)30-6/h8-13,15,18H,7,14,16H2,1-6H3,(H,27,29)/b26-15+/t18-/m1/s1. The number of aryl methyl sites for hydroxylation is 1. The summed E-state index contributed by atoms with van der Waals surface area (Å²) < 4.78 is 10.8. The van der Waals surface area contributed by atoms with Gasteiger partial charge in [0.1, 0.15) is 0 Å². The minimum Gasteiger partial charge on any atom is -0.493 e. The Morgan fingerprint density at radius 1 is 1.29 bits per heavy atom. The molecule has 1 aliphatic rings. The van der Waals surface area contributed by atoms with E-state index >= 15 is 0 Å². The van der Waals surface area contributed by atoms with E-state index in [1.54, 1.807) is 25.5 Å². The number of fused-ring (bicyclic) bond motifs is 1. The van der Waals surface area contributed by atoms with Crippen LogP contribution in [0.25, 0.3) is 0 Å². The van der Waals surface area contributed by atoms with E-state index in [4.69, 9.17) is 9.47 Å². The number of ether oxygens (including phenoxy) is 2. The normalized spacial score (nSPS) is 17.4. The second kappa shape index (κ2) is 9.41. The van der Waals surface area contributed by atoms with Crippen LogP contribution in [0.5, 0.6) is 11.5 Å². The second-order valence-corrected chi connectivity index (χ2v) is 8.66. The maximum absolute atomic E-state index is 12.1. The number of hydrazone groups is 1. The lowest BCUT2D eigenvalue weighted by molar-refractivity contribution is -0.123. The Labute approximate surface area is 185 Å². The number of benzene rings is 2. The molecule has 1 N–H and O–H groups in total. The lowest BCUT2D eigenvalue weighted by Crippen LogP contribution is -2.48. The van der Waals surface area contributed by atoms with Gasteiger partial charge in [-0.05, 0) is 81.0 Å². The van der Waals surface area contributed by atoms with Crippen LogP contribution >= 0.6 is 0 Å². The van der Waals surface area contributed by atoms with Crippen molar-refractivity contribution in [3.05, 3.63) is 53.1 Å². The number of nitrogens with one attached hydrogen (secondary N) is 1. The highest BCUT2D eigenvalue weighted by Gasteiger charge is 2.35. The molecule has 1 heterocycles. The van der Waals surface area contributed by atoms with Gasteiger partial charge in [0, 0.05) is 17.8 Å². The minimum absolute atomic E-state index is 0.138. The lowest BCUT2D eigenvalue weighted by atomic mass is 9.79. The number of carbonyl (C=O) groups is 1. The van der Waals surface area contributed by atoms with Crippen LogP contribution in [-0.2, 0) is 4.79 Å². The Hall–Kier alpha value is -3.02. The summed E-state index contributed by atoms with van der Waals surface area (Å²) in [5.74, 6) is 1.24. The number of hydrogen-bond donors (Lipinski definition) is 1. The molecule has 6 nitrogen and oxygen atoms in total. The third-order valence-electron chi connectivity index (χ3n) is 5.91. The Morgan fingerprint density at radius 2 is 2.00 bits per heavy atom. The average Bonchev–Trinajstić information content (AvgIpc) is 2.73. The van der Waals surface area contributed by atoms with Crippen molar-refractivity contribution in [1.82, 2.24) is 5.43 Å². The molecule has 6 heteroatoms. The van der Waals surface area contributed by atoms with Gasteiger partial charge >= 0.3 is 0 Å². The molecule has 0 bridgehead atoms. The molecule has 0 aromatic heterocycles. The van der Waals surface area contributed by atoms with Crippen LogP contribution in [0.4, 0.5) is 5.69 Å². The van der Waals surface area contributed by atoms with Crippen LogP contribution in [0.3, 0.4) is 0 Å². The number of para-hydroxylation sites is 2. The van der Waals surface area contributed by atoms with Gasteiger partial charge < -0.3 is 14.4 Å². The summed E-state index contributed by atoms with van der Waals surface area (Å²) in [4.78, 5) is 14.6. The third-order valence-corrected chi connectivity index (χ3v) is 5.91. The van der Waals surface area contributed by atoms with Gasteiger partial charge in [-0.25, -0.2) is 5.43 Å². The molecule has 0 spiro atoms. The first-order chi connectivity index (χ1) is 14.8. The van der Waals surface area contributed by atoms with E-state index in [-0.39, 0.29) is 18.1 Å².